The molecule has 0 spiro atoms. The summed E-state index contributed by atoms with van der Waals surface area (Å²) in [5.41, 5.74) is 4.32. The highest BCUT2D eigenvalue weighted by Crippen LogP contribution is 2.29. The summed E-state index contributed by atoms with van der Waals surface area (Å²) in [7, 11) is 0. The normalized spacial score (nSPS) is 11.0. The molecule has 0 bridgehead atoms. The van der Waals surface area contributed by atoms with Crippen molar-refractivity contribution in [1.82, 2.24) is 9.97 Å². The van der Waals surface area contributed by atoms with Crippen molar-refractivity contribution < 1.29 is 9.18 Å². The Morgan fingerprint density at radius 1 is 1.21 bits per heavy atom. The van der Waals surface area contributed by atoms with Gasteiger partial charge in [0.2, 0.25) is 0 Å². The lowest BCUT2D eigenvalue weighted by Crippen LogP contribution is -2.15. The number of hydrogen-bond donors (Lipinski definition) is 2. The molecule has 0 saturated heterocycles. The zero-order chi connectivity index (χ0) is 21.1. The van der Waals surface area contributed by atoms with Crippen molar-refractivity contribution in [3.63, 3.8) is 0 Å². The number of aromatic amines is 1. The summed E-state index contributed by atoms with van der Waals surface area (Å²) in [6.07, 6.45) is 1.91. The number of hydrogen-bond acceptors (Lipinski definition) is 4. The van der Waals surface area contributed by atoms with E-state index in [1.807, 2.05) is 19.9 Å². The molecule has 0 saturated carbocycles. The average Bonchev–Trinajstić information content (AvgIpc) is 2.65. The van der Waals surface area contributed by atoms with Crippen LogP contribution in [-0.4, -0.2) is 15.8 Å². The Kier molecular flexibility index (Phi) is 5.92. The molecule has 0 unspecified atom stereocenters. The number of nitrogens with zero attached hydrogens (tertiary/aromatic N) is 1. The van der Waals surface area contributed by atoms with Crippen LogP contribution >= 0.6 is 0 Å². The Bertz CT molecular complexity index is 1120. The second-order valence-electron chi connectivity index (χ2n) is 7.50. The fourth-order valence-corrected chi connectivity index (χ4v) is 3.19. The van der Waals surface area contributed by atoms with Gasteiger partial charge in [-0.1, -0.05) is 19.9 Å². The molecule has 0 amide bonds. The lowest BCUT2D eigenvalue weighted by atomic mass is 10.0. The highest BCUT2D eigenvalue weighted by Gasteiger charge is 2.14. The molecule has 0 fully saturated rings. The number of carbonyl (C=O) groups is 1. The van der Waals surface area contributed by atoms with E-state index in [0.717, 1.165) is 17.1 Å². The minimum atomic E-state index is -0.308. The second kappa shape index (κ2) is 8.39. The SMILES string of the molecule is CC(=O)Cc1cc(Nc2cc(-c3ccc(F)c(C)c3)c(=O)[nH]c2C(C)C)ccn1. The Morgan fingerprint density at radius 3 is 2.62 bits per heavy atom. The van der Waals surface area contributed by atoms with Crippen LogP contribution in [0.3, 0.4) is 0 Å². The van der Waals surface area contributed by atoms with Gasteiger partial charge in [0, 0.05) is 35.3 Å². The predicted octanol–water partition coefficient (Wildman–Crippen LogP) is 4.88. The van der Waals surface area contributed by atoms with Crippen LogP contribution in [0, 0.1) is 12.7 Å². The molecule has 0 radical (unpaired) electrons. The van der Waals surface area contributed by atoms with Gasteiger partial charge in [-0.15, -0.1) is 0 Å². The molecule has 150 valence electrons. The van der Waals surface area contributed by atoms with Gasteiger partial charge in [0.05, 0.1) is 5.69 Å². The molecule has 29 heavy (non-hydrogen) atoms. The molecule has 0 aliphatic heterocycles. The Balaban J connectivity index is 2.06. The topological polar surface area (TPSA) is 74.8 Å². The maximum Gasteiger partial charge on any atom is 0.256 e. The van der Waals surface area contributed by atoms with Crippen LogP contribution in [0.4, 0.5) is 15.8 Å². The number of nitrogens with one attached hydrogen (secondary N) is 2. The van der Waals surface area contributed by atoms with E-state index in [1.54, 1.807) is 37.4 Å². The van der Waals surface area contributed by atoms with Gasteiger partial charge in [0.15, 0.2) is 0 Å². The van der Waals surface area contributed by atoms with Crippen molar-refractivity contribution in [2.45, 2.75) is 40.0 Å². The van der Waals surface area contributed by atoms with Crippen molar-refractivity contribution in [3.05, 3.63) is 75.7 Å². The second-order valence-corrected chi connectivity index (χ2v) is 7.50. The number of H-pyrrole nitrogens is 1. The van der Waals surface area contributed by atoms with E-state index in [2.05, 4.69) is 15.3 Å². The first-order valence-corrected chi connectivity index (χ1v) is 9.49. The highest BCUT2D eigenvalue weighted by molar-refractivity contribution is 5.78. The number of carbonyl (C=O) groups excluding carboxylic acids is 1. The number of ketones is 1. The van der Waals surface area contributed by atoms with Crippen LogP contribution < -0.4 is 10.9 Å². The molecule has 3 aromatic rings. The number of aryl methyl sites for hydroxylation is 1. The molecule has 6 heteroatoms. The number of anilines is 2. The van der Waals surface area contributed by atoms with Gasteiger partial charge in [-0.2, -0.15) is 0 Å². The zero-order valence-electron chi connectivity index (χ0n) is 17.0. The van der Waals surface area contributed by atoms with E-state index < -0.39 is 0 Å². The Morgan fingerprint density at radius 2 is 1.97 bits per heavy atom. The van der Waals surface area contributed by atoms with Gasteiger partial charge >= 0.3 is 0 Å². The van der Waals surface area contributed by atoms with Crippen LogP contribution in [-0.2, 0) is 11.2 Å². The number of halogens is 1. The van der Waals surface area contributed by atoms with E-state index >= 15 is 0 Å². The Labute approximate surface area is 169 Å². The summed E-state index contributed by atoms with van der Waals surface area (Å²) in [4.78, 5) is 31.3. The highest BCUT2D eigenvalue weighted by atomic mass is 19.1. The van der Waals surface area contributed by atoms with Crippen LogP contribution in [0.15, 0.2) is 47.4 Å². The van der Waals surface area contributed by atoms with Gasteiger partial charge in [0.1, 0.15) is 11.6 Å². The number of aromatic nitrogens is 2. The minimum absolute atomic E-state index is 0.0375. The average molecular weight is 393 g/mol. The first kappa shape index (κ1) is 20.5. The van der Waals surface area contributed by atoms with Crippen molar-refractivity contribution in [2.24, 2.45) is 0 Å². The third kappa shape index (κ3) is 4.77. The summed E-state index contributed by atoms with van der Waals surface area (Å²) in [5.74, 6) is -0.194. The van der Waals surface area contributed by atoms with Gasteiger partial charge in [-0.3, -0.25) is 14.6 Å². The summed E-state index contributed by atoms with van der Waals surface area (Å²) in [6.45, 7) is 7.18. The fourth-order valence-electron chi connectivity index (χ4n) is 3.19. The summed E-state index contributed by atoms with van der Waals surface area (Å²) in [5, 5.41) is 3.34. The fraction of sp³-hybridized carbons (Fsp3) is 0.261. The molecule has 2 N–H and O–H groups in total. The zero-order valence-corrected chi connectivity index (χ0v) is 17.0. The molecule has 2 heterocycles. The molecule has 0 aliphatic carbocycles. The standard InChI is InChI=1S/C23H24FN3O2/c1-13(2)22-21(26-17-7-8-25-18(11-17)10-15(4)28)12-19(23(29)27-22)16-5-6-20(24)14(3)9-16/h5-9,11-13H,10H2,1-4H3,(H,25,26)(H,27,29). The summed E-state index contributed by atoms with van der Waals surface area (Å²) in [6, 6.07) is 10.0. The first-order valence-electron chi connectivity index (χ1n) is 9.49. The lowest BCUT2D eigenvalue weighted by molar-refractivity contribution is -0.116. The summed E-state index contributed by atoms with van der Waals surface area (Å²) < 4.78 is 13.7. The smallest absolute Gasteiger partial charge is 0.256 e. The molecule has 5 nitrogen and oxygen atoms in total. The molecular formula is C23H24FN3O2. The van der Waals surface area contributed by atoms with Crippen molar-refractivity contribution in [3.8, 4) is 11.1 Å². The number of pyridine rings is 2. The van der Waals surface area contributed by atoms with Gasteiger partial charge in [-0.05, 0) is 61.2 Å². The number of benzene rings is 1. The third-order valence-electron chi connectivity index (χ3n) is 4.64. The van der Waals surface area contributed by atoms with Crippen LogP contribution in [0.2, 0.25) is 0 Å². The minimum Gasteiger partial charge on any atom is -0.354 e. The molecular weight excluding hydrogens is 369 g/mol. The largest absolute Gasteiger partial charge is 0.354 e. The van der Waals surface area contributed by atoms with Gasteiger partial charge < -0.3 is 10.3 Å². The maximum absolute atomic E-state index is 13.7. The number of Topliss-reactive ketones (excluding diaryl/α,β-unsaturated/α-hetero) is 1. The van der Waals surface area contributed by atoms with E-state index in [-0.39, 0.29) is 29.5 Å². The Hall–Kier alpha value is -3.28. The van der Waals surface area contributed by atoms with Crippen LogP contribution in [0.5, 0.6) is 0 Å². The van der Waals surface area contributed by atoms with Crippen molar-refractivity contribution >= 4 is 17.2 Å². The van der Waals surface area contributed by atoms with Crippen LogP contribution in [0.1, 0.15) is 43.6 Å². The van der Waals surface area contributed by atoms with E-state index in [0.29, 0.717) is 22.4 Å². The van der Waals surface area contributed by atoms with E-state index in [9.17, 15) is 14.0 Å². The molecule has 3 rings (SSSR count). The molecule has 0 aliphatic rings. The molecule has 0 atom stereocenters. The molecule has 2 aromatic heterocycles. The summed E-state index contributed by atoms with van der Waals surface area (Å²) >= 11 is 0. The van der Waals surface area contributed by atoms with E-state index in [1.165, 1.54) is 13.0 Å². The van der Waals surface area contributed by atoms with Crippen molar-refractivity contribution in [2.75, 3.05) is 5.32 Å². The van der Waals surface area contributed by atoms with E-state index in [4.69, 9.17) is 0 Å². The van der Waals surface area contributed by atoms with Crippen LogP contribution in [0.25, 0.3) is 11.1 Å². The quantitative estimate of drug-likeness (QED) is 0.626. The number of rotatable bonds is 6. The van der Waals surface area contributed by atoms with Gasteiger partial charge in [0.25, 0.3) is 5.56 Å². The maximum atomic E-state index is 13.7. The third-order valence-corrected chi connectivity index (χ3v) is 4.64. The lowest BCUT2D eigenvalue weighted by Gasteiger charge is -2.16. The van der Waals surface area contributed by atoms with Gasteiger partial charge in [-0.25, -0.2) is 4.39 Å². The predicted molar refractivity (Wildman–Crippen MR) is 113 cm³/mol. The monoisotopic (exact) mass is 393 g/mol. The first-order chi connectivity index (χ1) is 13.7. The van der Waals surface area contributed by atoms with Crippen molar-refractivity contribution in [1.29, 1.82) is 0 Å². The molecule has 1 aromatic carbocycles.